The highest BCUT2D eigenvalue weighted by Gasteiger charge is 2.58. The average Bonchev–Trinajstić information content (AvgIpc) is 2.65. The van der Waals surface area contributed by atoms with E-state index in [-0.39, 0.29) is 13.2 Å². The Hall–Kier alpha value is -0.530. The summed E-state index contributed by atoms with van der Waals surface area (Å²) in [4.78, 5) is 3.79. The van der Waals surface area contributed by atoms with Gasteiger partial charge >= 0.3 is 0 Å². The maximum atomic E-state index is 9.84. The topological polar surface area (TPSA) is 91.5 Å². The molecule has 5 unspecified atom stereocenters. The zero-order chi connectivity index (χ0) is 11.1. The molecule has 2 aliphatic heterocycles. The highest BCUT2D eigenvalue weighted by atomic mass is 16.7. The first kappa shape index (κ1) is 11.0. The van der Waals surface area contributed by atoms with Gasteiger partial charge in [0, 0.05) is 13.3 Å². The number of nitrogens with zero attached hydrogens (tertiary/aromatic N) is 1. The van der Waals surface area contributed by atoms with Gasteiger partial charge < -0.3 is 29.8 Å². The van der Waals surface area contributed by atoms with Crippen molar-refractivity contribution in [2.24, 2.45) is 10.9 Å². The van der Waals surface area contributed by atoms with Gasteiger partial charge in [-0.2, -0.15) is 0 Å². The van der Waals surface area contributed by atoms with Gasteiger partial charge in [0.1, 0.15) is 11.7 Å². The predicted molar refractivity (Wildman–Crippen MR) is 50.6 cm³/mol. The summed E-state index contributed by atoms with van der Waals surface area (Å²) in [5.41, 5.74) is -1.18. The first-order valence-electron chi connectivity index (χ1n) is 4.83. The van der Waals surface area contributed by atoms with Crippen LogP contribution in [0.5, 0.6) is 0 Å². The highest BCUT2D eigenvalue weighted by molar-refractivity contribution is 5.62. The molecule has 0 aromatic carbocycles. The molecule has 0 aromatic rings. The normalized spacial score (nSPS) is 50.1. The smallest absolute Gasteiger partial charge is 0.169 e. The van der Waals surface area contributed by atoms with Crippen LogP contribution in [0.2, 0.25) is 0 Å². The van der Waals surface area contributed by atoms with E-state index in [1.165, 1.54) is 6.21 Å². The van der Waals surface area contributed by atoms with Crippen molar-refractivity contribution in [2.45, 2.75) is 24.1 Å². The van der Waals surface area contributed by atoms with Gasteiger partial charge in [-0.25, -0.2) is 0 Å². The van der Waals surface area contributed by atoms with Gasteiger partial charge in [-0.1, -0.05) is 0 Å². The summed E-state index contributed by atoms with van der Waals surface area (Å²) in [5, 5.41) is 28.8. The third-order valence-corrected chi connectivity index (χ3v) is 3.00. The molecule has 2 rings (SSSR count). The van der Waals surface area contributed by atoms with Crippen LogP contribution in [-0.4, -0.2) is 65.9 Å². The minimum absolute atomic E-state index is 0.0838. The molecule has 3 N–H and O–H groups in total. The van der Waals surface area contributed by atoms with Gasteiger partial charge in [-0.15, -0.1) is 0 Å². The Morgan fingerprint density at radius 3 is 2.87 bits per heavy atom. The van der Waals surface area contributed by atoms with E-state index >= 15 is 0 Å². The number of aliphatic hydroxyl groups is 3. The molecule has 15 heavy (non-hydrogen) atoms. The average molecular weight is 217 g/mol. The standard InChI is InChI=1S/C9H15NO5/c1-10-2-5-6(12)7(13)9(3-11)4-14-8(5)15-9/h2,5-8,11-13H,3-4H2,1H3. The second-order valence-electron chi connectivity index (χ2n) is 3.94. The largest absolute Gasteiger partial charge is 0.393 e. The number of rotatable bonds is 2. The van der Waals surface area contributed by atoms with Crippen LogP contribution in [0.4, 0.5) is 0 Å². The Morgan fingerprint density at radius 2 is 2.27 bits per heavy atom. The molecule has 6 heteroatoms. The molecule has 5 atom stereocenters. The lowest BCUT2D eigenvalue weighted by atomic mass is 9.85. The van der Waals surface area contributed by atoms with Gasteiger partial charge in [0.2, 0.25) is 0 Å². The van der Waals surface area contributed by atoms with Crippen molar-refractivity contribution in [2.75, 3.05) is 20.3 Å². The van der Waals surface area contributed by atoms with Crippen LogP contribution >= 0.6 is 0 Å². The van der Waals surface area contributed by atoms with Gasteiger partial charge in [-0.05, 0) is 0 Å². The molecule has 0 saturated carbocycles. The summed E-state index contributed by atoms with van der Waals surface area (Å²) in [6.07, 6.45) is -1.34. The van der Waals surface area contributed by atoms with Crippen molar-refractivity contribution in [3.8, 4) is 0 Å². The first-order valence-corrected chi connectivity index (χ1v) is 4.83. The SMILES string of the molecule is CN=CC1C2OCC(CO)(O2)C(O)C1O. The summed E-state index contributed by atoms with van der Waals surface area (Å²) in [7, 11) is 1.57. The predicted octanol–water partition coefficient (Wildman–Crippen LogP) is -1.86. The molecule has 2 bridgehead atoms. The molecule has 0 aromatic heterocycles. The highest BCUT2D eigenvalue weighted by Crippen LogP contribution is 2.38. The van der Waals surface area contributed by atoms with E-state index in [1.807, 2.05) is 0 Å². The maximum absolute atomic E-state index is 9.84. The number of aliphatic imine (C=N–C) groups is 1. The van der Waals surface area contributed by atoms with E-state index in [1.54, 1.807) is 7.05 Å². The van der Waals surface area contributed by atoms with Crippen LogP contribution in [0.3, 0.4) is 0 Å². The zero-order valence-electron chi connectivity index (χ0n) is 8.41. The fourth-order valence-corrected chi connectivity index (χ4v) is 2.06. The molecule has 2 fully saturated rings. The number of hydrogen-bond acceptors (Lipinski definition) is 6. The Morgan fingerprint density at radius 1 is 1.53 bits per heavy atom. The van der Waals surface area contributed by atoms with E-state index in [0.717, 1.165) is 0 Å². The molecule has 2 heterocycles. The van der Waals surface area contributed by atoms with E-state index in [0.29, 0.717) is 0 Å². The summed E-state index contributed by atoms with van der Waals surface area (Å²) < 4.78 is 10.7. The summed E-state index contributed by atoms with van der Waals surface area (Å²) in [6.45, 7) is -0.293. The molecule has 0 aliphatic carbocycles. The van der Waals surface area contributed by atoms with Crippen molar-refractivity contribution in [3.05, 3.63) is 0 Å². The quantitative estimate of drug-likeness (QED) is 0.472. The first-order chi connectivity index (χ1) is 7.14. The Kier molecular flexibility index (Phi) is 2.78. The molecule has 86 valence electrons. The Bertz CT molecular complexity index is 271. The van der Waals surface area contributed by atoms with Crippen LogP contribution in [0.25, 0.3) is 0 Å². The molecule has 2 saturated heterocycles. The molecular formula is C9H15NO5. The minimum atomic E-state index is -1.18. The van der Waals surface area contributed by atoms with Gasteiger partial charge in [0.25, 0.3) is 0 Å². The van der Waals surface area contributed by atoms with Crippen molar-refractivity contribution >= 4 is 6.21 Å². The second-order valence-corrected chi connectivity index (χ2v) is 3.94. The van der Waals surface area contributed by atoms with Crippen LogP contribution < -0.4 is 0 Å². The van der Waals surface area contributed by atoms with E-state index in [2.05, 4.69) is 4.99 Å². The number of fused-ring (bicyclic) bond motifs is 2. The molecule has 0 amide bonds. The lowest BCUT2D eigenvalue weighted by molar-refractivity contribution is -0.233. The van der Waals surface area contributed by atoms with Crippen LogP contribution in [0.1, 0.15) is 0 Å². The summed E-state index contributed by atoms with van der Waals surface area (Å²) in [5.74, 6) is -0.493. The second kappa shape index (κ2) is 3.80. The number of aliphatic hydroxyl groups excluding tert-OH is 3. The van der Waals surface area contributed by atoms with Crippen molar-refractivity contribution in [1.29, 1.82) is 0 Å². The molecule has 6 nitrogen and oxygen atoms in total. The molecule has 2 aliphatic rings. The van der Waals surface area contributed by atoms with Crippen LogP contribution in [-0.2, 0) is 9.47 Å². The maximum Gasteiger partial charge on any atom is 0.169 e. The molecule has 0 spiro atoms. The van der Waals surface area contributed by atoms with Gasteiger partial charge in [0.05, 0.1) is 25.2 Å². The van der Waals surface area contributed by atoms with E-state index in [4.69, 9.17) is 14.6 Å². The number of hydrogen-bond donors (Lipinski definition) is 3. The Balaban J connectivity index is 2.25. The lowest BCUT2D eigenvalue weighted by Gasteiger charge is -2.40. The fourth-order valence-electron chi connectivity index (χ4n) is 2.06. The molecular weight excluding hydrogens is 202 g/mol. The zero-order valence-corrected chi connectivity index (χ0v) is 8.41. The van der Waals surface area contributed by atoms with Crippen LogP contribution in [0.15, 0.2) is 4.99 Å². The van der Waals surface area contributed by atoms with Crippen LogP contribution in [0, 0.1) is 5.92 Å². The van der Waals surface area contributed by atoms with Gasteiger partial charge in [0.15, 0.2) is 6.29 Å². The van der Waals surface area contributed by atoms with E-state index < -0.39 is 30.0 Å². The lowest BCUT2D eigenvalue weighted by Crippen LogP contribution is -2.60. The van der Waals surface area contributed by atoms with Crippen molar-refractivity contribution < 1.29 is 24.8 Å². The summed E-state index contributed by atoms with van der Waals surface area (Å²) in [6, 6.07) is 0. The third-order valence-electron chi connectivity index (χ3n) is 3.00. The van der Waals surface area contributed by atoms with Crippen molar-refractivity contribution in [1.82, 2.24) is 0 Å². The third kappa shape index (κ3) is 1.49. The summed E-state index contributed by atoms with van der Waals surface area (Å²) >= 11 is 0. The monoisotopic (exact) mass is 217 g/mol. The van der Waals surface area contributed by atoms with E-state index in [9.17, 15) is 10.2 Å². The Labute approximate surface area is 87.2 Å². The number of ether oxygens (including phenoxy) is 2. The molecule has 0 radical (unpaired) electrons. The fraction of sp³-hybridized carbons (Fsp3) is 0.889. The van der Waals surface area contributed by atoms with Gasteiger partial charge in [-0.3, -0.25) is 0 Å². The minimum Gasteiger partial charge on any atom is -0.393 e. The van der Waals surface area contributed by atoms with Crippen molar-refractivity contribution in [3.63, 3.8) is 0 Å².